The molecule has 2 nitrogen and oxygen atoms in total. The monoisotopic (exact) mass is 194 g/mol. The summed E-state index contributed by atoms with van der Waals surface area (Å²) in [6.45, 7) is 2.57. The molecular weight excluding hydrogens is 172 g/mol. The second-order valence-electron chi connectivity index (χ2n) is 5.76. The summed E-state index contributed by atoms with van der Waals surface area (Å²) < 4.78 is 0. The fraction of sp³-hybridized carbons (Fsp3) is 1.00. The molecule has 0 aromatic heterocycles. The first kappa shape index (κ1) is 9.17. The van der Waals surface area contributed by atoms with Crippen molar-refractivity contribution in [2.45, 2.75) is 31.2 Å². The molecule has 1 aliphatic heterocycles. The van der Waals surface area contributed by atoms with Crippen molar-refractivity contribution in [3.8, 4) is 0 Å². The number of hydrogen-bond acceptors (Lipinski definition) is 2. The summed E-state index contributed by atoms with van der Waals surface area (Å²) in [4.78, 5) is 2.53. The molecule has 0 aromatic rings. The second kappa shape index (κ2) is 2.96. The van der Waals surface area contributed by atoms with Gasteiger partial charge in [0.2, 0.25) is 0 Å². The molecule has 1 heterocycles. The molecule has 0 amide bonds. The van der Waals surface area contributed by atoms with Gasteiger partial charge in [-0.3, -0.25) is 0 Å². The lowest BCUT2D eigenvalue weighted by molar-refractivity contribution is -0.0566. The van der Waals surface area contributed by atoms with E-state index in [0.29, 0.717) is 5.54 Å². The Morgan fingerprint density at radius 1 is 1.14 bits per heavy atom. The summed E-state index contributed by atoms with van der Waals surface area (Å²) in [5, 5.41) is 3.62. The van der Waals surface area contributed by atoms with Crippen LogP contribution in [-0.4, -0.2) is 37.6 Å². The van der Waals surface area contributed by atoms with Crippen LogP contribution in [0.1, 0.15) is 25.7 Å². The van der Waals surface area contributed by atoms with Gasteiger partial charge in [-0.15, -0.1) is 0 Å². The molecule has 14 heavy (non-hydrogen) atoms. The van der Waals surface area contributed by atoms with Crippen LogP contribution < -0.4 is 5.32 Å². The van der Waals surface area contributed by atoms with Gasteiger partial charge in [0.15, 0.2) is 0 Å². The van der Waals surface area contributed by atoms with Gasteiger partial charge < -0.3 is 10.2 Å². The lowest BCUT2D eigenvalue weighted by atomic mass is 9.55. The van der Waals surface area contributed by atoms with E-state index in [4.69, 9.17) is 0 Å². The van der Waals surface area contributed by atoms with Crippen LogP contribution in [0.4, 0.5) is 0 Å². The van der Waals surface area contributed by atoms with Crippen molar-refractivity contribution in [1.82, 2.24) is 10.2 Å². The summed E-state index contributed by atoms with van der Waals surface area (Å²) in [6, 6.07) is 0. The first-order valence-electron chi connectivity index (χ1n) is 6.12. The molecule has 2 heteroatoms. The minimum Gasteiger partial charge on any atom is -0.316 e. The van der Waals surface area contributed by atoms with Gasteiger partial charge in [0.1, 0.15) is 0 Å². The molecule has 1 N–H and O–H groups in total. The van der Waals surface area contributed by atoms with E-state index in [1.165, 1.54) is 38.8 Å². The van der Waals surface area contributed by atoms with Crippen molar-refractivity contribution in [3.05, 3.63) is 0 Å². The van der Waals surface area contributed by atoms with E-state index in [0.717, 1.165) is 17.8 Å². The molecule has 4 aliphatic rings. The van der Waals surface area contributed by atoms with Gasteiger partial charge in [-0.25, -0.2) is 0 Å². The Bertz CT molecular complexity index is 228. The molecule has 3 saturated carbocycles. The third-order valence-electron chi connectivity index (χ3n) is 5.34. The summed E-state index contributed by atoms with van der Waals surface area (Å²) in [7, 11) is 4.59. The number of fused-ring (bicyclic) bond motifs is 2. The van der Waals surface area contributed by atoms with Gasteiger partial charge in [-0.2, -0.15) is 0 Å². The van der Waals surface area contributed by atoms with Gasteiger partial charge in [0, 0.05) is 12.1 Å². The summed E-state index contributed by atoms with van der Waals surface area (Å²) >= 11 is 0. The van der Waals surface area contributed by atoms with Crippen molar-refractivity contribution in [2.24, 2.45) is 17.8 Å². The molecule has 2 unspecified atom stereocenters. The van der Waals surface area contributed by atoms with E-state index in [9.17, 15) is 0 Å². The average Bonchev–Trinajstić information content (AvgIpc) is 2.69. The zero-order valence-electron chi connectivity index (χ0n) is 9.42. The third-order valence-corrected chi connectivity index (χ3v) is 5.34. The molecule has 1 saturated heterocycles. The Hall–Kier alpha value is -0.0800. The van der Waals surface area contributed by atoms with Gasteiger partial charge in [-0.1, -0.05) is 0 Å². The first-order valence-corrected chi connectivity index (χ1v) is 6.12. The highest BCUT2D eigenvalue weighted by atomic mass is 15.2. The van der Waals surface area contributed by atoms with Crippen molar-refractivity contribution in [2.75, 3.05) is 27.2 Å². The summed E-state index contributed by atoms with van der Waals surface area (Å²) in [6.07, 6.45) is 5.88. The van der Waals surface area contributed by atoms with Gasteiger partial charge in [-0.05, 0) is 64.1 Å². The van der Waals surface area contributed by atoms with Crippen molar-refractivity contribution in [3.63, 3.8) is 0 Å². The number of hydrogen-bond donors (Lipinski definition) is 1. The second-order valence-corrected chi connectivity index (χ2v) is 5.76. The van der Waals surface area contributed by atoms with Crippen LogP contribution in [0.2, 0.25) is 0 Å². The van der Waals surface area contributed by atoms with Gasteiger partial charge in [0.25, 0.3) is 0 Å². The van der Waals surface area contributed by atoms with Crippen LogP contribution >= 0.6 is 0 Å². The zero-order chi connectivity index (χ0) is 9.76. The number of rotatable bonds is 1. The summed E-state index contributed by atoms with van der Waals surface area (Å²) in [5.41, 5.74) is 0.558. The quantitative estimate of drug-likeness (QED) is 0.677. The van der Waals surface area contributed by atoms with Crippen molar-refractivity contribution < 1.29 is 0 Å². The van der Waals surface area contributed by atoms with Crippen LogP contribution in [0.15, 0.2) is 0 Å². The van der Waals surface area contributed by atoms with Gasteiger partial charge in [0.05, 0.1) is 0 Å². The van der Waals surface area contributed by atoms with Crippen LogP contribution in [0, 0.1) is 17.8 Å². The normalized spacial score (nSPS) is 51.2. The van der Waals surface area contributed by atoms with E-state index in [-0.39, 0.29) is 0 Å². The van der Waals surface area contributed by atoms with Crippen molar-refractivity contribution in [1.29, 1.82) is 0 Å². The summed E-state index contributed by atoms with van der Waals surface area (Å²) in [5.74, 6) is 3.00. The number of nitrogens with zero attached hydrogens (tertiary/aromatic N) is 1. The van der Waals surface area contributed by atoms with Crippen LogP contribution in [0.25, 0.3) is 0 Å². The molecule has 80 valence electrons. The molecular formula is C12H22N2. The maximum Gasteiger partial charge on any atom is 0.0247 e. The Kier molecular flexibility index (Phi) is 1.94. The van der Waals surface area contributed by atoms with E-state index < -0.39 is 0 Å². The fourth-order valence-electron chi connectivity index (χ4n) is 4.50. The Labute approximate surface area is 87.0 Å². The van der Waals surface area contributed by atoms with E-state index in [1.54, 1.807) is 0 Å². The van der Waals surface area contributed by atoms with Crippen LogP contribution in [0.3, 0.4) is 0 Å². The standard InChI is InChI=1S/C12H22N2/c1-14(2)12-5-3-9(4-6-12)10-7-13-8-11(10)12/h9-11,13H,3-8H2,1-2H3. The van der Waals surface area contributed by atoms with E-state index in [1.807, 2.05) is 0 Å². The highest BCUT2D eigenvalue weighted by molar-refractivity contribution is 5.10. The highest BCUT2D eigenvalue weighted by Gasteiger charge is 2.55. The van der Waals surface area contributed by atoms with E-state index >= 15 is 0 Å². The zero-order valence-corrected chi connectivity index (χ0v) is 9.42. The molecule has 2 atom stereocenters. The minimum absolute atomic E-state index is 0.558. The molecule has 4 rings (SSSR count). The largest absolute Gasteiger partial charge is 0.316 e. The SMILES string of the molecule is CN(C)C12CCC(CC1)C1CNCC12. The first-order chi connectivity index (χ1) is 6.74. The molecule has 0 radical (unpaired) electrons. The predicted molar refractivity (Wildman–Crippen MR) is 58.2 cm³/mol. The highest BCUT2D eigenvalue weighted by Crippen LogP contribution is 2.54. The topological polar surface area (TPSA) is 15.3 Å². The molecule has 2 bridgehead atoms. The Balaban J connectivity index is 1.95. The third kappa shape index (κ3) is 0.989. The molecule has 3 aliphatic carbocycles. The molecule has 4 fully saturated rings. The lowest BCUT2D eigenvalue weighted by Gasteiger charge is -2.57. The fourth-order valence-corrected chi connectivity index (χ4v) is 4.50. The smallest absolute Gasteiger partial charge is 0.0247 e. The Morgan fingerprint density at radius 3 is 2.50 bits per heavy atom. The van der Waals surface area contributed by atoms with E-state index in [2.05, 4.69) is 24.3 Å². The number of nitrogens with one attached hydrogen (secondary N) is 1. The molecule has 0 aromatic carbocycles. The maximum atomic E-state index is 3.62. The van der Waals surface area contributed by atoms with Gasteiger partial charge >= 0.3 is 0 Å². The Morgan fingerprint density at radius 2 is 1.86 bits per heavy atom. The molecule has 0 spiro atoms. The van der Waals surface area contributed by atoms with Crippen LogP contribution in [0.5, 0.6) is 0 Å². The van der Waals surface area contributed by atoms with Crippen molar-refractivity contribution >= 4 is 0 Å². The maximum absolute atomic E-state index is 3.62. The van der Waals surface area contributed by atoms with Crippen LogP contribution in [-0.2, 0) is 0 Å². The minimum atomic E-state index is 0.558. The predicted octanol–water partition coefficient (Wildman–Crippen LogP) is 1.33. The average molecular weight is 194 g/mol. The lowest BCUT2D eigenvalue weighted by Crippen LogP contribution is -2.60.